The molecule has 1 unspecified atom stereocenters. The molecular weight excluding hydrogens is 497 g/mol. The summed E-state index contributed by atoms with van der Waals surface area (Å²) in [7, 11) is 0. The third-order valence-corrected chi connectivity index (χ3v) is 5.11. The van der Waals surface area contributed by atoms with Crippen molar-refractivity contribution in [3.63, 3.8) is 0 Å². The normalized spacial score (nSPS) is 11.7. The zero-order chi connectivity index (χ0) is 26.0. The second-order valence-electron chi connectivity index (χ2n) is 6.95. The number of carbonyl (C=O) groups excluding carboxylic acids is 2. The van der Waals surface area contributed by atoms with Crippen molar-refractivity contribution in [2.75, 3.05) is 31.7 Å². The highest BCUT2D eigenvalue weighted by Gasteiger charge is 2.25. The van der Waals surface area contributed by atoms with Crippen LogP contribution in [-0.4, -0.2) is 44.2 Å². The highest BCUT2D eigenvalue weighted by Crippen LogP contribution is 2.42. The minimum absolute atomic E-state index is 0.153. The number of hydrogen-bond acceptors (Lipinski definition) is 8. The third kappa shape index (κ3) is 7.47. The molecule has 0 fully saturated rings. The Bertz CT molecular complexity index is 1080. The maximum atomic E-state index is 12.9. The lowest BCUT2D eigenvalue weighted by Crippen LogP contribution is -2.32. The molecule has 0 bridgehead atoms. The molecule has 0 radical (unpaired) electrons. The number of carbonyl (C=O) groups is 2. The van der Waals surface area contributed by atoms with Gasteiger partial charge in [0.25, 0.3) is 5.91 Å². The Morgan fingerprint density at radius 3 is 2.03 bits per heavy atom. The Hall–Kier alpha value is -3.04. The molecule has 2 aromatic carbocycles. The Labute approximate surface area is 214 Å². The van der Waals surface area contributed by atoms with E-state index >= 15 is 0 Å². The first kappa shape index (κ1) is 28.2. The van der Waals surface area contributed by atoms with Crippen LogP contribution in [0.15, 0.2) is 34.5 Å². The number of rotatable bonds is 13. The fraction of sp³-hybridized carbons (Fsp3) is 0.417. The first-order chi connectivity index (χ1) is 16.8. The second kappa shape index (κ2) is 13.7. The molecule has 0 heterocycles. The summed E-state index contributed by atoms with van der Waals surface area (Å²) in [5.74, 6) is 0.359. The van der Waals surface area contributed by atoms with Gasteiger partial charge in [-0.2, -0.15) is 10.2 Å². The van der Waals surface area contributed by atoms with Crippen LogP contribution in [0.25, 0.3) is 0 Å². The van der Waals surface area contributed by atoms with Gasteiger partial charge >= 0.3 is 0 Å². The minimum atomic E-state index is -1.44. The van der Waals surface area contributed by atoms with Gasteiger partial charge in [0, 0.05) is 12.1 Å². The Balaban J connectivity index is 2.32. The van der Waals surface area contributed by atoms with Crippen LogP contribution >= 0.6 is 23.2 Å². The maximum Gasteiger partial charge on any atom is 0.258 e. The lowest BCUT2D eigenvalue weighted by Gasteiger charge is -2.16. The topological polar surface area (TPSA) is 108 Å². The summed E-state index contributed by atoms with van der Waals surface area (Å²) in [6.45, 7) is 10.1. The molecule has 35 heavy (non-hydrogen) atoms. The van der Waals surface area contributed by atoms with Crippen LogP contribution in [0.1, 0.15) is 34.6 Å². The van der Waals surface area contributed by atoms with Crippen molar-refractivity contribution in [2.45, 2.75) is 40.7 Å². The van der Waals surface area contributed by atoms with E-state index < -0.39 is 17.7 Å². The fourth-order valence-electron chi connectivity index (χ4n) is 2.96. The van der Waals surface area contributed by atoms with E-state index in [2.05, 4.69) is 15.5 Å². The summed E-state index contributed by atoms with van der Waals surface area (Å²) in [5.41, 5.74) is 0.457. The van der Waals surface area contributed by atoms with Gasteiger partial charge in [-0.25, -0.2) is 0 Å². The second-order valence-corrected chi connectivity index (χ2v) is 7.74. The Kier molecular flexibility index (Phi) is 11.1. The molecule has 11 heteroatoms. The minimum Gasteiger partial charge on any atom is -0.490 e. The highest BCUT2D eigenvalue weighted by molar-refractivity contribution is 6.35. The van der Waals surface area contributed by atoms with Crippen molar-refractivity contribution in [2.24, 2.45) is 10.2 Å². The van der Waals surface area contributed by atoms with Crippen molar-refractivity contribution in [1.82, 2.24) is 0 Å². The van der Waals surface area contributed by atoms with E-state index in [9.17, 15) is 9.59 Å². The number of azo groups is 1. The summed E-state index contributed by atoms with van der Waals surface area (Å²) in [5, 5.41) is 11.0. The first-order valence-corrected chi connectivity index (χ1v) is 11.9. The SMILES string of the molecule is CCOc1cc(Cl)c(NC(=O)C(N=Nc2ccc(OCC)c(OCC)c2Cl)C(C)=O)cc1OCC. The average Bonchev–Trinajstić information content (AvgIpc) is 2.80. The molecule has 0 aliphatic carbocycles. The fourth-order valence-corrected chi connectivity index (χ4v) is 3.41. The summed E-state index contributed by atoms with van der Waals surface area (Å²) >= 11 is 12.7. The number of anilines is 1. The number of hydrogen-bond donors (Lipinski definition) is 1. The third-order valence-electron chi connectivity index (χ3n) is 4.43. The number of nitrogens with one attached hydrogen (secondary N) is 1. The monoisotopic (exact) mass is 525 g/mol. The molecule has 0 aliphatic rings. The number of ketones is 1. The number of Topliss-reactive ketones (excluding diaryl/α,β-unsaturated/α-hetero) is 1. The van der Waals surface area contributed by atoms with Gasteiger partial charge < -0.3 is 24.3 Å². The largest absolute Gasteiger partial charge is 0.490 e. The van der Waals surface area contributed by atoms with Crippen LogP contribution < -0.4 is 24.3 Å². The van der Waals surface area contributed by atoms with Gasteiger partial charge in [-0.3, -0.25) is 9.59 Å². The molecular formula is C24H29Cl2N3O6. The molecule has 2 aromatic rings. The van der Waals surface area contributed by atoms with Crippen LogP contribution in [0.5, 0.6) is 23.0 Å². The van der Waals surface area contributed by atoms with Crippen molar-refractivity contribution >= 4 is 46.3 Å². The smallest absolute Gasteiger partial charge is 0.258 e. The van der Waals surface area contributed by atoms with Gasteiger partial charge in [-0.1, -0.05) is 23.2 Å². The number of ether oxygens (including phenoxy) is 4. The van der Waals surface area contributed by atoms with Crippen LogP contribution in [0, 0.1) is 0 Å². The lowest BCUT2D eigenvalue weighted by atomic mass is 10.2. The van der Waals surface area contributed by atoms with Crippen LogP contribution in [-0.2, 0) is 9.59 Å². The Morgan fingerprint density at radius 2 is 1.46 bits per heavy atom. The van der Waals surface area contributed by atoms with E-state index in [1.807, 2.05) is 20.8 Å². The number of nitrogens with zero attached hydrogens (tertiary/aromatic N) is 2. The van der Waals surface area contributed by atoms with Gasteiger partial charge in [-0.15, -0.1) is 0 Å². The molecule has 0 spiro atoms. The quantitative estimate of drug-likeness (QED) is 0.244. The molecule has 190 valence electrons. The van der Waals surface area contributed by atoms with Gasteiger partial charge in [0.05, 0.1) is 37.1 Å². The summed E-state index contributed by atoms with van der Waals surface area (Å²) in [4.78, 5) is 25.1. The molecule has 9 nitrogen and oxygen atoms in total. The standard InChI is InChI=1S/C24H29Cl2N3O6/c1-6-32-18-11-10-16(21(26)23(18)35-9-4)28-29-22(14(5)30)24(31)27-17-13-20(34-8-3)19(33-7-2)12-15(17)25/h10-13,22H,6-9H2,1-5H3,(H,27,31). The van der Waals surface area contributed by atoms with Crippen LogP contribution in [0.4, 0.5) is 11.4 Å². The molecule has 1 N–H and O–H groups in total. The molecule has 0 aliphatic heterocycles. The van der Waals surface area contributed by atoms with Gasteiger partial charge in [0.1, 0.15) is 10.7 Å². The van der Waals surface area contributed by atoms with Crippen LogP contribution in [0.3, 0.4) is 0 Å². The molecule has 1 atom stereocenters. The van der Waals surface area contributed by atoms with E-state index in [0.29, 0.717) is 49.4 Å². The summed E-state index contributed by atoms with van der Waals surface area (Å²) < 4.78 is 22.2. The number of halogens is 2. The van der Waals surface area contributed by atoms with E-state index in [-0.39, 0.29) is 21.4 Å². The van der Waals surface area contributed by atoms with Crippen LogP contribution in [0.2, 0.25) is 10.0 Å². The number of amides is 1. The van der Waals surface area contributed by atoms with E-state index in [1.54, 1.807) is 19.1 Å². The molecule has 1 amide bonds. The zero-order valence-corrected chi connectivity index (χ0v) is 21.8. The highest BCUT2D eigenvalue weighted by atomic mass is 35.5. The molecule has 0 aromatic heterocycles. The van der Waals surface area contributed by atoms with Gasteiger partial charge in [0.15, 0.2) is 28.8 Å². The maximum absolute atomic E-state index is 12.9. The predicted molar refractivity (Wildman–Crippen MR) is 135 cm³/mol. The van der Waals surface area contributed by atoms with Crippen molar-refractivity contribution in [3.8, 4) is 23.0 Å². The molecule has 0 saturated heterocycles. The van der Waals surface area contributed by atoms with Crippen molar-refractivity contribution in [3.05, 3.63) is 34.3 Å². The van der Waals surface area contributed by atoms with Gasteiger partial charge in [0.2, 0.25) is 6.04 Å². The van der Waals surface area contributed by atoms with Gasteiger partial charge in [-0.05, 0) is 46.8 Å². The predicted octanol–water partition coefficient (Wildman–Crippen LogP) is 6.27. The summed E-state index contributed by atoms with van der Waals surface area (Å²) in [6, 6.07) is 4.82. The van der Waals surface area contributed by atoms with E-state index in [1.165, 1.54) is 19.1 Å². The lowest BCUT2D eigenvalue weighted by molar-refractivity contribution is -0.126. The number of benzene rings is 2. The Morgan fingerprint density at radius 1 is 0.886 bits per heavy atom. The van der Waals surface area contributed by atoms with E-state index in [0.717, 1.165) is 0 Å². The molecule has 2 rings (SSSR count). The van der Waals surface area contributed by atoms with E-state index in [4.69, 9.17) is 42.1 Å². The first-order valence-electron chi connectivity index (χ1n) is 11.2. The van der Waals surface area contributed by atoms with Crippen molar-refractivity contribution in [1.29, 1.82) is 0 Å². The summed E-state index contributed by atoms with van der Waals surface area (Å²) in [6.07, 6.45) is 0. The van der Waals surface area contributed by atoms with Crippen molar-refractivity contribution < 1.29 is 28.5 Å². The molecule has 0 saturated carbocycles. The zero-order valence-electron chi connectivity index (χ0n) is 20.3. The average molecular weight is 526 g/mol.